The number of ether oxygens (including phenoxy) is 1. The van der Waals surface area contributed by atoms with Crippen molar-refractivity contribution < 1.29 is 14.3 Å². The summed E-state index contributed by atoms with van der Waals surface area (Å²) in [5.41, 5.74) is 7.21. The Labute approximate surface area is 175 Å². The number of hydrogen-bond donors (Lipinski definition) is 2. The predicted molar refractivity (Wildman–Crippen MR) is 119 cm³/mol. The fourth-order valence-corrected chi connectivity index (χ4v) is 3.22. The van der Waals surface area contributed by atoms with Crippen molar-refractivity contribution in [2.75, 3.05) is 18.5 Å². The van der Waals surface area contributed by atoms with Crippen LogP contribution >= 0.6 is 0 Å². The number of amides is 1. The van der Waals surface area contributed by atoms with E-state index in [1.54, 1.807) is 13.1 Å². The van der Waals surface area contributed by atoms with Crippen LogP contribution < -0.4 is 10.7 Å². The van der Waals surface area contributed by atoms with Crippen molar-refractivity contribution in [2.45, 2.75) is 27.3 Å². The summed E-state index contributed by atoms with van der Waals surface area (Å²) < 4.78 is 6.98. The first kappa shape index (κ1) is 21.1. The molecule has 0 saturated carbocycles. The van der Waals surface area contributed by atoms with E-state index in [-0.39, 0.29) is 25.0 Å². The zero-order chi connectivity index (χ0) is 21.5. The van der Waals surface area contributed by atoms with Gasteiger partial charge in [-0.15, -0.1) is 0 Å². The highest BCUT2D eigenvalue weighted by Gasteiger charge is 2.15. The molecule has 7 heteroatoms. The second-order valence-corrected chi connectivity index (χ2v) is 6.92. The lowest BCUT2D eigenvalue weighted by atomic mass is 10.1. The summed E-state index contributed by atoms with van der Waals surface area (Å²) in [4.78, 5) is 24.1. The zero-order valence-corrected chi connectivity index (χ0v) is 17.4. The zero-order valence-electron chi connectivity index (χ0n) is 17.4. The number of anilines is 1. The van der Waals surface area contributed by atoms with E-state index < -0.39 is 0 Å². The summed E-state index contributed by atoms with van der Waals surface area (Å²) in [7, 11) is 0. The number of aryl methyl sites for hydroxylation is 1. The Bertz CT molecular complexity index is 1070. The molecule has 0 aliphatic heterocycles. The first-order valence-electron chi connectivity index (χ1n) is 9.85. The smallest absolute Gasteiger partial charge is 0.325 e. The van der Waals surface area contributed by atoms with E-state index in [0.717, 1.165) is 33.4 Å². The summed E-state index contributed by atoms with van der Waals surface area (Å²) in [6.45, 7) is 6.30. The van der Waals surface area contributed by atoms with E-state index in [9.17, 15) is 9.59 Å². The van der Waals surface area contributed by atoms with Gasteiger partial charge in [0, 0.05) is 27.8 Å². The van der Waals surface area contributed by atoms with Gasteiger partial charge in [-0.1, -0.05) is 35.9 Å². The standard InChI is InChI=1S/C23H26N4O3/c1-4-30-23(29)15-27-17(3)20(19-7-5-6-8-21(19)27)13-25-26-22(28)14-24-18-11-9-16(2)10-12-18/h5-13,24H,4,14-15H2,1-3H3,(H,26,28)/b25-13-. The number of esters is 1. The maximum atomic E-state index is 12.1. The van der Waals surface area contributed by atoms with E-state index in [1.807, 2.05) is 66.9 Å². The summed E-state index contributed by atoms with van der Waals surface area (Å²) in [5, 5.41) is 8.12. The maximum absolute atomic E-state index is 12.1. The molecule has 2 N–H and O–H groups in total. The van der Waals surface area contributed by atoms with E-state index in [0.29, 0.717) is 6.61 Å². The Morgan fingerprint density at radius 3 is 2.57 bits per heavy atom. The number of carbonyl (C=O) groups excluding carboxylic acids is 2. The molecule has 0 atom stereocenters. The first-order valence-corrected chi connectivity index (χ1v) is 9.85. The third-order valence-corrected chi connectivity index (χ3v) is 4.76. The Hall–Kier alpha value is -3.61. The molecular formula is C23H26N4O3. The van der Waals surface area contributed by atoms with Crippen LogP contribution in [0.3, 0.4) is 0 Å². The molecule has 3 rings (SSSR count). The van der Waals surface area contributed by atoms with Crippen LogP contribution in [-0.4, -0.2) is 35.8 Å². The normalized spacial score (nSPS) is 11.0. The van der Waals surface area contributed by atoms with Crippen LogP contribution in [0.15, 0.2) is 53.6 Å². The van der Waals surface area contributed by atoms with Crippen molar-refractivity contribution in [1.82, 2.24) is 9.99 Å². The molecule has 0 radical (unpaired) electrons. The van der Waals surface area contributed by atoms with Crippen molar-refractivity contribution in [3.8, 4) is 0 Å². The molecule has 156 valence electrons. The number of carbonyl (C=O) groups is 2. The largest absolute Gasteiger partial charge is 0.465 e. The minimum atomic E-state index is -0.291. The third kappa shape index (κ3) is 5.05. The van der Waals surface area contributed by atoms with Crippen molar-refractivity contribution in [3.05, 3.63) is 65.4 Å². The maximum Gasteiger partial charge on any atom is 0.325 e. The van der Waals surface area contributed by atoms with Crippen LogP contribution in [0.25, 0.3) is 10.9 Å². The molecule has 2 aromatic carbocycles. The lowest BCUT2D eigenvalue weighted by Crippen LogP contribution is -2.25. The predicted octanol–water partition coefficient (Wildman–Crippen LogP) is 3.38. The molecule has 0 spiro atoms. The van der Waals surface area contributed by atoms with Gasteiger partial charge in [0.15, 0.2) is 0 Å². The minimum absolute atomic E-state index is 0.115. The monoisotopic (exact) mass is 406 g/mol. The molecule has 1 amide bonds. The van der Waals surface area contributed by atoms with Crippen LogP contribution in [0.1, 0.15) is 23.7 Å². The number of nitrogens with zero attached hydrogens (tertiary/aromatic N) is 2. The van der Waals surface area contributed by atoms with Crippen molar-refractivity contribution in [1.29, 1.82) is 0 Å². The molecule has 0 aliphatic rings. The van der Waals surface area contributed by atoms with Crippen molar-refractivity contribution in [2.24, 2.45) is 5.10 Å². The molecule has 0 fully saturated rings. The molecule has 0 unspecified atom stereocenters. The van der Waals surface area contributed by atoms with Gasteiger partial charge in [-0.05, 0) is 39.0 Å². The lowest BCUT2D eigenvalue weighted by molar-refractivity contribution is -0.143. The SMILES string of the molecule is CCOC(=O)Cn1c(C)c(/C=N\NC(=O)CNc2ccc(C)cc2)c2ccccc21. The molecule has 30 heavy (non-hydrogen) atoms. The van der Waals surface area contributed by atoms with Gasteiger partial charge in [-0.3, -0.25) is 9.59 Å². The lowest BCUT2D eigenvalue weighted by Gasteiger charge is -2.07. The van der Waals surface area contributed by atoms with E-state index in [4.69, 9.17) is 4.74 Å². The third-order valence-electron chi connectivity index (χ3n) is 4.76. The number of hydrazone groups is 1. The highest BCUT2D eigenvalue weighted by atomic mass is 16.5. The van der Waals surface area contributed by atoms with Gasteiger partial charge in [0.1, 0.15) is 6.54 Å². The van der Waals surface area contributed by atoms with Crippen LogP contribution in [0.4, 0.5) is 5.69 Å². The van der Waals surface area contributed by atoms with Gasteiger partial charge < -0.3 is 14.6 Å². The number of nitrogens with one attached hydrogen (secondary N) is 2. The van der Waals surface area contributed by atoms with E-state index in [1.165, 1.54) is 0 Å². The summed E-state index contributed by atoms with van der Waals surface area (Å²) >= 11 is 0. The fraction of sp³-hybridized carbons (Fsp3) is 0.261. The number of para-hydroxylation sites is 1. The minimum Gasteiger partial charge on any atom is -0.465 e. The van der Waals surface area contributed by atoms with Gasteiger partial charge in [0.2, 0.25) is 0 Å². The number of fused-ring (bicyclic) bond motifs is 1. The van der Waals surface area contributed by atoms with Gasteiger partial charge >= 0.3 is 5.97 Å². The van der Waals surface area contributed by atoms with Gasteiger partial charge in [-0.2, -0.15) is 5.10 Å². The fourth-order valence-electron chi connectivity index (χ4n) is 3.22. The molecule has 1 aromatic heterocycles. The summed E-state index contributed by atoms with van der Waals surface area (Å²) in [6.07, 6.45) is 1.61. The highest BCUT2D eigenvalue weighted by Crippen LogP contribution is 2.24. The molecule has 7 nitrogen and oxygen atoms in total. The summed E-state index contributed by atoms with van der Waals surface area (Å²) in [5.74, 6) is -0.542. The number of aromatic nitrogens is 1. The van der Waals surface area contributed by atoms with Crippen LogP contribution in [0, 0.1) is 13.8 Å². The van der Waals surface area contributed by atoms with Crippen molar-refractivity contribution in [3.63, 3.8) is 0 Å². The molecule has 1 heterocycles. The second-order valence-electron chi connectivity index (χ2n) is 6.92. The number of rotatable bonds is 8. The van der Waals surface area contributed by atoms with Crippen LogP contribution in [0.2, 0.25) is 0 Å². The van der Waals surface area contributed by atoms with Crippen LogP contribution in [0.5, 0.6) is 0 Å². The number of hydrogen-bond acceptors (Lipinski definition) is 5. The molecule has 0 saturated heterocycles. The van der Waals surface area contributed by atoms with Crippen LogP contribution in [-0.2, 0) is 20.9 Å². The number of benzene rings is 2. The van der Waals surface area contributed by atoms with Gasteiger partial charge in [0.05, 0.1) is 19.4 Å². The summed E-state index contributed by atoms with van der Waals surface area (Å²) in [6, 6.07) is 15.6. The molecule has 0 bridgehead atoms. The van der Waals surface area contributed by atoms with E-state index >= 15 is 0 Å². The van der Waals surface area contributed by atoms with Gasteiger partial charge in [-0.25, -0.2) is 5.43 Å². The Morgan fingerprint density at radius 1 is 1.10 bits per heavy atom. The Balaban J connectivity index is 1.69. The Kier molecular flexibility index (Phi) is 6.85. The first-order chi connectivity index (χ1) is 14.5. The van der Waals surface area contributed by atoms with Gasteiger partial charge in [0.25, 0.3) is 5.91 Å². The molecule has 3 aromatic rings. The van der Waals surface area contributed by atoms with Crippen molar-refractivity contribution >= 4 is 34.7 Å². The average molecular weight is 406 g/mol. The van der Waals surface area contributed by atoms with E-state index in [2.05, 4.69) is 15.8 Å². The average Bonchev–Trinajstić information content (AvgIpc) is 2.99. The topological polar surface area (TPSA) is 84.7 Å². The Morgan fingerprint density at radius 2 is 1.83 bits per heavy atom. The highest BCUT2D eigenvalue weighted by molar-refractivity contribution is 6.01. The molecule has 0 aliphatic carbocycles. The molecular weight excluding hydrogens is 380 g/mol. The quantitative estimate of drug-likeness (QED) is 0.341. The second kappa shape index (κ2) is 9.73.